The molecule has 0 saturated heterocycles. The van der Waals surface area contributed by atoms with Gasteiger partial charge in [0.25, 0.3) is 0 Å². The van der Waals surface area contributed by atoms with E-state index in [2.05, 4.69) is 67.1 Å². The molecule has 0 N–H and O–H groups in total. The molecule has 0 heterocycles. The molecule has 1 heteroatoms. The minimum absolute atomic E-state index is 0. The Morgan fingerprint density at radius 1 is 1.12 bits per heavy atom. The van der Waals surface area contributed by atoms with Crippen molar-refractivity contribution in [3.05, 3.63) is 12.2 Å². The van der Waals surface area contributed by atoms with Gasteiger partial charge in [0.2, 0.25) is 0 Å². The quantitative estimate of drug-likeness (QED) is 0.406. The SMILES string of the molecule is C/C=C\C(C)CC.C=BC.CCC.CCCC.[2HH]. The third-order valence-electron chi connectivity index (χ3n) is 1.66. The van der Waals surface area contributed by atoms with Gasteiger partial charge in [-0.2, -0.15) is 0 Å². The van der Waals surface area contributed by atoms with E-state index in [1.165, 1.54) is 25.7 Å². The molecule has 17 heavy (non-hydrogen) atoms. The third-order valence-corrected chi connectivity index (χ3v) is 1.66. The van der Waals surface area contributed by atoms with Gasteiger partial charge in [0.05, 0.1) is 0 Å². The first kappa shape index (κ1) is 25.5. The molecule has 0 amide bonds. The van der Waals surface area contributed by atoms with E-state index in [4.69, 9.17) is 0 Å². The van der Waals surface area contributed by atoms with Gasteiger partial charge in [0.15, 0.2) is 0 Å². The molecule has 0 aliphatic carbocycles. The van der Waals surface area contributed by atoms with Crippen molar-refractivity contribution in [2.75, 3.05) is 0 Å². The molecule has 0 spiro atoms. The van der Waals surface area contributed by atoms with E-state index in [0.717, 1.165) is 5.92 Å². The van der Waals surface area contributed by atoms with Crippen LogP contribution in [0.5, 0.6) is 0 Å². The Labute approximate surface area is 114 Å². The molecule has 106 valence electrons. The molecule has 0 aromatic heterocycles. The standard InChI is InChI=1S/C7H14.C4H10.C3H8.C2H5B.H2/c1-4-6-7(3)5-2;1-3-4-2;2*1-3-2;/h4,6-7H,5H2,1-3H3;3-4H2,1-2H3;3H2,1-2H3;1H2,2H3;1H/b6-4-;;;;/i;;;;1+1. The van der Waals surface area contributed by atoms with E-state index in [1.54, 1.807) is 6.92 Å². The van der Waals surface area contributed by atoms with Crippen molar-refractivity contribution >= 4 is 13.4 Å². The summed E-state index contributed by atoms with van der Waals surface area (Å²) in [4.78, 5) is 0. The second kappa shape index (κ2) is 36.1. The van der Waals surface area contributed by atoms with Gasteiger partial charge in [0.1, 0.15) is 0 Å². The zero-order valence-corrected chi connectivity index (χ0v) is 13.8. The van der Waals surface area contributed by atoms with Gasteiger partial charge in [-0.3, -0.25) is 0 Å². The van der Waals surface area contributed by atoms with Crippen molar-refractivity contribution < 1.29 is 1.43 Å². The van der Waals surface area contributed by atoms with Gasteiger partial charge >= 0.3 is 20.2 Å². The first-order valence-electron chi connectivity index (χ1n) is 7.25. The van der Waals surface area contributed by atoms with Crippen LogP contribution in [0.1, 0.15) is 75.6 Å². The van der Waals surface area contributed by atoms with Crippen LogP contribution >= 0.6 is 0 Å². The van der Waals surface area contributed by atoms with Gasteiger partial charge in [-0.1, -0.05) is 79.4 Å². The summed E-state index contributed by atoms with van der Waals surface area (Å²) in [5.41, 5.74) is 0. The zero-order valence-electron chi connectivity index (χ0n) is 13.8. The van der Waals surface area contributed by atoms with E-state index in [9.17, 15) is 0 Å². The Morgan fingerprint density at radius 2 is 1.41 bits per heavy atom. The number of allylic oxidation sites excluding steroid dienone is 2. The molecule has 0 rings (SSSR count). The van der Waals surface area contributed by atoms with Crippen LogP contribution in [-0.4, -0.2) is 13.4 Å². The molecular formula is C16H39B. The van der Waals surface area contributed by atoms with Crippen molar-refractivity contribution in [1.82, 2.24) is 0 Å². The van der Waals surface area contributed by atoms with Crippen LogP contribution in [0.25, 0.3) is 0 Å². The van der Waals surface area contributed by atoms with E-state index in [-0.39, 0.29) is 1.43 Å². The Bertz CT molecular complexity index is 120. The van der Waals surface area contributed by atoms with Gasteiger partial charge in [0, 0.05) is 1.43 Å². The monoisotopic (exact) mass is 243 g/mol. The van der Waals surface area contributed by atoms with Crippen molar-refractivity contribution in [3.8, 4) is 0 Å². The van der Waals surface area contributed by atoms with Crippen LogP contribution in [0.3, 0.4) is 0 Å². The molecule has 0 aliphatic heterocycles. The molecule has 0 nitrogen and oxygen atoms in total. The summed E-state index contributed by atoms with van der Waals surface area (Å²) < 4.78 is 0. The topological polar surface area (TPSA) is 0 Å². The molecule has 0 aliphatic rings. The first-order valence-corrected chi connectivity index (χ1v) is 7.25. The second-order valence-electron chi connectivity index (χ2n) is 4.03. The number of hydrogen-bond acceptors (Lipinski definition) is 0. The molecule has 1 atom stereocenters. The Hall–Kier alpha value is -0.325. The molecular weight excluding hydrogens is 203 g/mol. The predicted molar refractivity (Wildman–Crippen MR) is 91.7 cm³/mol. The van der Waals surface area contributed by atoms with Crippen LogP contribution in [0.2, 0.25) is 6.82 Å². The summed E-state index contributed by atoms with van der Waals surface area (Å²) in [6, 6.07) is 0. The van der Waals surface area contributed by atoms with Gasteiger partial charge in [-0.25, -0.2) is 0 Å². The third kappa shape index (κ3) is 91.0. The average Bonchev–Trinajstić information content (AvgIpc) is 2.32. The number of hydrogen-bond donors (Lipinski definition) is 0. The van der Waals surface area contributed by atoms with E-state index in [1.807, 2.05) is 6.82 Å². The summed E-state index contributed by atoms with van der Waals surface area (Å²) in [5.74, 6) is 0.769. The zero-order chi connectivity index (χ0) is 14.5. The smallest absolute Gasteiger partial charge is 0 e. The molecule has 0 aromatic carbocycles. The molecule has 0 saturated carbocycles. The van der Waals surface area contributed by atoms with Crippen LogP contribution in [0.15, 0.2) is 12.2 Å². The largest absolute Gasteiger partial charge is 0.0656 e. The van der Waals surface area contributed by atoms with Crippen LogP contribution in [0.4, 0.5) is 0 Å². The maximum atomic E-state index is 3.36. The fraction of sp³-hybridized carbons (Fsp3) is 0.812. The molecule has 1 unspecified atom stereocenters. The van der Waals surface area contributed by atoms with Gasteiger partial charge < -0.3 is 0 Å². The van der Waals surface area contributed by atoms with Crippen LogP contribution < -0.4 is 0 Å². The molecule has 0 radical (unpaired) electrons. The van der Waals surface area contributed by atoms with E-state index in [0.29, 0.717) is 0 Å². The Morgan fingerprint density at radius 3 is 1.47 bits per heavy atom. The Kier molecular flexibility index (Phi) is 54.1. The summed E-state index contributed by atoms with van der Waals surface area (Å²) in [5, 5.41) is 0. The van der Waals surface area contributed by atoms with Crippen LogP contribution in [-0.2, 0) is 0 Å². The number of rotatable bonds is 3. The molecule has 0 fully saturated rings. The number of unbranched alkanes of at least 4 members (excludes halogenated alkanes) is 1. The first-order chi connectivity index (χ1) is 8.05. The van der Waals surface area contributed by atoms with Crippen molar-refractivity contribution in [1.29, 1.82) is 0 Å². The fourth-order valence-electron chi connectivity index (χ4n) is 0.465. The van der Waals surface area contributed by atoms with Gasteiger partial charge in [-0.15, -0.1) is 0 Å². The maximum absolute atomic E-state index is 3.36. The summed E-state index contributed by atoms with van der Waals surface area (Å²) in [7, 11) is 0. The minimum atomic E-state index is 0. The second-order valence-corrected chi connectivity index (χ2v) is 4.03. The van der Waals surface area contributed by atoms with Crippen molar-refractivity contribution in [3.63, 3.8) is 0 Å². The summed E-state index contributed by atoms with van der Waals surface area (Å²) in [6.07, 6.45) is 9.47. The Balaban J connectivity index is -0.0000000445. The van der Waals surface area contributed by atoms with E-state index >= 15 is 0 Å². The predicted octanol–water partition coefficient (Wildman–Crippen LogP) is 6.25. The molecule has 0 bridgehead atoms. The minimum Gasteiger partial charge on any atom is -0.0656 e. The normalized spacial score (nSPS) is 9.65. The fourth-order valence-corrected chi connectivity index (χ4v) is 0.465. The van der Waals surface area contributed by atoms with Crippen molar-refractivity contribution in [2.24, 2.45) is 5.92 Å². The van der Waals surface area contributed by atoms with E-state index < -0.39 is 0 Å². The average molecular weight is 243 g/mol. The summed E-state index contributed by atoms with van der Waals surface area (Å²) >= 11 is 0. The molecule has 0 aromatic rings. The van der Waals surface area contributed by atoms with Gasteiger partial charge in [-0.05, 0) is 12.8 Å². The van der Waals surface area contributed by atoms with Crippen molar-refractivity contribution in [2.45, 2.75) is 81.0 Å². The summed E-state index contributed by atoms with van der Waals surface area (Å²) in [6.45, 7) is 22.1. The maximum Gasteiger partial charge on any atom is 0 e. The van der Waals surface area contributed by atoms with Crippen LogP contribution in [0, 0.1) is 5.92 Å².